The van der Waals surface area contributed by atoms with Crippen LogP contribution in [0.3, 0.4) is 0 Å². The van der Waals surface area contributed by atoms with Crippen LogP contribution in [0, 0.1) is 24.4 Å². The number of nitrogens with one attached hydrogen (secondary N) is 2. The minimum atomic E-state index is -1.18. The molecule has 0 unspecified atom stereocenters. The van der Waals surface area contributed by atoms with Crippen LogP contribution in [0.25, 0.3) is 0 Å². The second-order valence-electron chi connectivity index (χ2n) is 4.20. The molecule has 2 N–H and O–H groups in total. The van der Waals surface area contributed by atoms with E-state index >= 15 is 0 Å². The first-order chi connectivity index (χ1) is 11.1. The van der Waals surface area contributed by atoms with Crippen molar-refractivity contribution in [3.05, 3.63) is 54.8 Å². The molecule has 0 aliphatic rings. The molecule has 0 saturated carbocycles. The topological polar surface area (TPSA) is 88.5 Å². The number of aromatic nitrogens is 5. The third kappa shape index (κ3) is 3.87. The molecule has 0 aliphatic carbocycles. The predicted molar refractivity (Wildman–Crippen MR) is 73.6 cm³/mol. The molecule has 23 heavy (non-hydrogen) atoms. The van der Waals surface area contributed by atoms with E-state index in [2.05, 4.69) is 41.9 Å². The van der Waals surface area contributed by atoms with E-state index in [9.17, 15) is 13.2 Å². The van der Waals surface area contributed by atoms with Crippen LogP contribution in [0.4, 0.5) is 36.3 Å². The third-order valence-corrected chi connectivity index (χ3v) is 2.56. The molecule has 0 bridgehead atoms. The van der Waals surface area contributed by atoms with Crippen LogP contribution < -0.4 is 10.6 Å². The Labute approximate surface area is 127 Å². The normalized spacial score (nSPS) is 10.4. The second-order valence-corrected chi connectivity index (χ2v) is 4.20. The van der Waals surface area contributed by atoms with Crippen LogP contribution >= 0.6 is 0 Å². The second kappa shape index (κ2) is 6.22. The monoisotopic (exact) mass is 318 g/mol. The summed E-state index contributed by atoms with van der Waals surface area (Å²) >= 11 is 0. The highest BCUT2D eigenvalue weighted by Crippen LogP contribution is 2.21. The molecule has 0 amide bonds. The predicted octanol–water partition coefficient (Wildman–Crippen LogP) is 2.37. The number of nitrogens with zero attached hydrogens (tertiary/aromatic N) is 5. The molecule has 0 atom stereocenters. The lowest BCUT2D eigenvalue weighted by Crippen LogP contribution is -2.02. The maximum atomic E-state index is 13.0. The molecule has 0 aliphatic heterocycles. The fourth-order valence-electron chi connectivity index (χ4n) is 1.71. The first-order valence-electron chi connectivity index (χ1n) is 6.20. The maximum absolute atomic E-state index is 13.0. The van der Waals surface area contributed by atoms with Gasteiger partial charge in [-0.05, 0) is 18.2 Å². The molecule has 10 heteroatoms. The number of halogens is 3. The van der Waals surface area contributed by atoms with E-state index in [0.29, 0.717) is 11.4 Å². The van der Waals surface area contributed by atoms with Crippen molar-refractivity contribution >= 4 is 23.1 Å². The van der Waals surface area contributed by atoms with Gasteiger partial charge in [0.1, 0.15) is 5.82 Å². The SMILES string of the molecule is Fc1cc(Nc2cccc(Nc3n[c]nc(F)n3)c2)nc(F)n1. The van der Waals surface area contributed by atoms with Crippen molar-refractivity contribution in [2.24, 2.45) is 0 Å². The fraction of sp³-hybridized carbons (Fsp3) is 0. The smallest absolute Gasteiger partial charge is 0.314 e. The summed E-state index contributed by atoms with van der Waals surface area (Å²) in [6, 6.07) is 7.48. The Morgan fingerprint density at radius 1 is 0.826 bits per heavy atom. The molecular weight excluding hydrogens is 311 g/mol. The minimum Gasteiger partial charge on any atom is -0.340 e. The van der Waals surface area contributed by atoms with Gasteiger partial charge in [-0.3, -0.25) is 0 Å². The van der Waals surface area contributed by atoms with E-state index in [4.69, 9.17) is 0 Å². The van der Waals surface area contributed by atoms with Crippen molar-refractivity contribution in [3.8, 4) is 0 Å². The van der Waals surface area contributed by atoms with Crippen molar-refractivity contribution in [3.63, 3.8) is 0 Å². The molecule has 2 heterocycles. The number of hydrogen-bond donors (Lipinski definition) is 2. The molecule has 0 saturated heterocycles. The molecule has 3 rings (SSSR count). The zero-order chi connectivity index (χ0) is 16.2. The van der Waals surface area contributed by atoms with E-state index < -0.39 is 18.1 Å². The minimum absolute atomic E-state index is 0.0335. The number of hydrogen-bond acceptors (Lipinski definition) is 7. The van der Waals surface area contributed by atoms with Crippen molar-refractivity contribution in [1.29, 1.82) is 0 Å². The van der Waals surface area contributed by atoms with Crippen LogP contribution in [0.5, 0.6) is 0 Å². The summed E-state index contributed by atoms with van der Waals surface area (Å²) in [5.74, 6) is -1.08. The molecule has 3 aromatic rings. The molecule has 2 aromatic heterocycles. The molecule has 1 radical (unpaired) electrons. The van der Waals surface area contributed by atoms with E-state index in [-0.39, 0.29) is 11.8 Å². The Morgan fingerprint density at radius 3 is 2.35 bits per heavy atom. The Balaban J connectivity index is 1.79. The highest BCUT2D eigenvalue weighted by molar-refractivity contribution is 5.64. The van der Waals surface area contributed by atoms with Crippen LogP contribution in [-0.4, -0.2) is 24.9 Å². The highest BCUT2D eigenvalue weighted by Gasteiger charge is 2.05. The van der Waals surface area contributed by atoms with Crippen LogP contribution in [-0.2, 0) is 0 Å². The Kier molecular flexibility index (Phi) is 3.95. The van der Waals surface area contributed by atoms with Gasteiger partial charge in [0, 0.05) is 17.4 Å². The first kappa shape index (κ1) is 14.6. The average Bonchev–Trinajstić information content (AvgIpc) is 2.46. The van der Waals surface area contributed by atoms with Crippen molar-refractivity contribution in [2.45, 2.75) is 0 Å². The van der Waals surface area contributed by atoms with Crippen molar-refractivity contribution in [2.75, 3.05) is 10.6 Å². The Hall–Kier alpha value is -3.30. The van der Waals surface area contributed by atoms with Gasteiger partial charge < -0.3 is 10.6 Å². The summed E-state index contributed by atoms with van der Waals surface area (Å²) in [4.78, 5) is 16.5. The van der Waals surface area contributed by atoms with Gasteiger partial charge in [0.25, 0.3) is 0 Å². The van der Waals surface area contributed by atoms with Crippen LogP contribution in [0.2, 0.25) is 0 Å². The van der Waals surface area contributed by atoms with Crippen molar-refractivity contribution in [1.82, 2.24) is 24.9 Å². The third-order valence-electron chi connectivity index (χ3n) is 2.56. The van der Waals surface area contributed by atoms with E-state index in [0.717, 1.165) is 6.07 Å². The number of benzene rings is 1. The lowest BCUT2D eigenvalue weighted by atomic mass is 10.2. The van der Waals surface area contributed by atoms with Gasteiger partial charge in [-0.2, -0.15) is 38.1 Å². The lowest BCUT2D eigenvalue weighted by Gasteiger charge is -2.08. The molecule has 0 spiro atoms. The number of anilines is 4. The van der Waals surface area contributed by atoms with Gasteiger partial charge in [-0.1, -0.05) is 6.07 Å². The summed E-state index contributed by atoms with van der Waals surface area (Å²) in [7, 11) is 0. The summed E-state index contributed by atoms with van der Waals surface area (Å²) in [6.45, 7) is 0. The lowest BCUT2D eigenvalue weighted by molar-refractivity contribution is 0.485. The van der Waals surface area contributed by atoms with Gasteiger partial charge in [-0.25, -0.2) is 0 Å². The molecular formula is C13H7F3N7. The summed E-state index contributed by atoms with van der Waals surface area (Å²) < 4.78 is 38.9. The van der Waals surface area contributed by atoms with Gasteiger partial charge in [0.05, 0.1) is 0 Å². The average molecular weight is 318 g/mol. The van der Waals surface area contributed by atoms with E-state index in [1.807, 2.05) is 0 Å². The van der Waals surface area contributed by atoms with Gasteiger partial charge in [0.2, 0.25) is 18.2 Å². The Bertz CT molecular complexity index is 823. The van der Waals surface area contributed by atoms with Crippen LogP contribution in [0.15, 0.2) is 30.3 Å². The van der Waals surface area contributed by atoms with Gasteiger partial charge >= 0.3 is 12.2 Å². The van der Waals surface area contributed by atoms with Gasteiger partial charge in [-0.15, -0.1) is 0 Å². The quantitative estimate of drug-likeness (QED) is 0.564. The zero-order valence-corrected chi connectivity index (χ0v) is 11.3. The number of rotatable bonds is 4. The van der Waals surface area contributed by atoms with Crippen LogP contribution in [0.1, 0.15) is 0 Å². The van der Waals surface area contributed by atoms with E-state index in [1.165, 1.54) is 0 Å². The summed E-state index contributed by atoms with van der Waals surface area (Å²) in [6.07, 6.45) is -0.0507. The zero-order valence-electron chi connectivity index (χ0n) is 11.3. The molecule has 0 fully saturated rings. The largest absolute Gasteiger partial charge is 0.340 e. The fourth-order valence-corrected chi connectivity index (χ4v) is 1.71. The van der Waals surface area contributed by atoms with E-state index in [1.54, 1.807) is 24.3 Å². The first-order valence-corrected chi connectivity index (χ1v) is 6.20. The van der Waals surface area contributed by atoms with Gasteiger partial charge in [0.15, 0.2) is 0 Å². The summed E-state index contributed by atoms with van der Waals surface area (Å²) in [5.41, 5.74) is 0.981. The van der Waals surface area contributed by atoms with Crippen molar-refractivity contribution < 1.29 is 13.2 Å². The molecule has 7 nitrogen and oxygen atoms in total. The Morgan fingerprint density at radius 2 is 1.61 bits per heavy atom. The highest BCUT2D eigenvalue weighted by atomic mass is 19.1. The maximum Gasteiger partial charge on any atom is 0.314 e. The molecule has 115 valence electrons. The molecule has 1 aromatic carbocycles. The summed E-state index contributed by atoms with van der Waals surface area (Å²) in [5, 5.41) is 5.46. The standard InChI is InChI=1S/C13H7F3N7/c14-9-5-10(22-12(16)21-9)19-7-2-1-3-8(4-7)20-13-18-6-17-11(15)23-13/h1-5H,(H,19,21,22)(H,17,18,20,23).